The molecule has 2 nitrogen and oxygen atoms in total. The molecule has 4 heteroatoms. The molecular weight excluding hydrogens is 222 g/mol. The van der Waals surface area contributed by atoms with Crippen LogP contribution in [0.2, 0.25) is 0 Å². The molecule has 0 aromatic carbocycles. The zero-order valence-electron chi connectivity index (χ0n) is 10.2. The Morgan fingerprint density at radius 3 is 2.94 bits per heavy atom. The van der Waals surface area contributed by atoms with E-state index in [4.69, 9.17) is 5.73 Å². The molecule has 1 aliphatic carbocycles. The molecule has 0 saturated heterocycles. The molecule has 2 unspecified atom stereocenters. The molecule has 1 heterocycles. The van der Waals surface area contributed by atoms with Gasteiger partial charge in [0.05, 0.1) is 0 Å². The van der Waals surface area contributed by atoms with Crippen LogP contribution < -0.4 is 5.73 Å². The van der Waals surface area contributed by atoms with Crippen LogP contribution in [0.3, 0.4) is 0 Å². The highest BCUT2D eigenvalue weighted by Crippen LogP contribution is 2.39. The molecule has 1 aromatic heterocycles. The van der Waals surface area contributed by atoms with Gasteiger partial charge in [-0.05, 0) is 31.4 Å². The van der Waals surface area contributed by atoms with Gasteiger partial charge in [-0.3, -0.25) is 0 Å². The van der Waals surface area contributed by atoms with Gasteiger partial charge in [0.25, 0.3) is 0 Å². The Kier molecular flexibility index (Phi) is 3.52. The third-order valence-corrected chi connectivity index (χ3v) is 3.42. The fourth-order valence-corrected chi connectivity index (χ4v) is 2.62. The summed E-state index contributed by atoms with van der Waals surface area (Å²) >= 11 is 0. The van der Waals surface area contributed by atoms with Crippen LogP contribution >= 0.6 is 0 Å². The van der Waals surface area contributed by atoms with E-state index in [-0.39, 0.29) is 24.8 Å². The molecule has 1 aromatic rings. The van der Waals surface area contributed by atoms with E-state index >= 15 is 0 Å². The van der Waals surface area contributed by atoms with Crippen LogP contribution in [0, 0.1) is 5.92 Å². The minimum absolute atomic E-state index is 0.0306. The third kappa shape index (κ3) is 3.28. The van der Waals surface area contributed by atoms with Crippen molar-refractivity contribution in [3.05, 3.63) is 24.0 Å². The van der Waals surface area contributed by atoms with E-state index in [1.165, 1.54) is 0 Å². The second-order valence-corrected chi connectivity index (χ2v) is 5.30. The van der Waals surface area contributed by atoms with E-state index in [9.17, 15) is 8.78 Å². The number of hydrogen-bond donors (Lipinski definition) is 1. The van der Waals surface area contributed by atoms with Gasteiger partial charge in [-0.15, -0.1) is 0 Å². The molecular formula is C13H20F2N2. The molecule has 1 fully saturated rings. The maximum absolute atomic E-state index is 13.1. The van der Waals surface area contributed by atoms with Crippen LogP contribution in [0.25, 0.3) is 0 Å². The number of nitrogens with two attached hydrogens (primary N) is 1. The molecule has 0 amide bonds. The Morgan fingerprint density at radius 2 is 2.35 bits per heavy atom. The average Bonchev–Trinajstić information content (AvgIpc) is 2.74. The van der Waals surface area contributed by atoms with Crippen LogP contribution in [0.1, 0.15) is 31.9 Å². The molecule has 0 radical (unpaired) electrons. The topological polar surface area (TPSA) is 30.9 Å². The molecule has 2 rings (SSSR count). The van der Waals surface area contributed by atoms with E-state index in [1.807, 2.05) is 25.3 Å². The first-order valence-corrected chi connectivity index (χ1v) is 6.24. The Bertz CT molecular complexity index is 371. The molecule has 96 valence electrons. The van der Waals surface area contributed by atoms with Crippen molar-refractivity contribution in [1.82, 2.24) is 4.57 Å². The monoisotopic (exact) mass is 242 g/mol. The second-order valence-electron chi connectivity index (χ2n) is 5.30. The van der Waals surface area contributed by atoms with Crippen LogP contribution in [-0.4, -0.2) is 16.5 Å². The average molecular weight is 242 g/mol. The predicted octanol–water partition coefficient (Wildman–Crippen LogP) is 2.81. The summed E-state index contributed by atoms with van der Waals surface area (Å²) in [6, 6.07) is 4.09. The normalized spacial score (nSPS) is 25.1. The number of rotatable bonds is 4. The molecule has 1 aliphatic rings. The molecule has 2 atom stereocenters. The van der Waals surface area contributed by atoms with Gasteiger partial charge in [0, 0.05) is 43.7 Å². The summed E-state index contributed by atoms with van der Waals surface area (Å²) in [5.74, 6) is -2.34. The molecule has 2 N–H and O–H groups in total. The Balaban J connectivity index is 1.97. The summed E-state index contributed by atoms with van der Waals surface area (Å²) < 4.78 is 28.3. The molecule has 1 saturated carbocycles. The van der Waals surface area contributed by atoms with Crippen LogP contribution in [-0.2, 0) is 13.0 Å². The largest absolute Gasteiger partial charge is 0.351 e. The van der Waals surface area contributed by atoms with E-state index in [0.29, 0.717) is 13.0 Å². The van der Waals surface area contributed by atoms with E-state index < -0.39 is 5.92 Å². The van der Waals surface area contributed by atoms with Gasteiger partial charge < -0.3 is 10.3 Å². The summed E-state index contributed by atoms with van der Waals surface area (Å²) in [5, 5.41) is 0. The minimum atomic E-state index is -2.45. The summed E-state index contributed by atoms with van der Waals surface area (Å²) in [7, 11) is 0. The number of nitrogens with zero attached hydrogens (tertiary/aromatic N) is 1. The van der Waals surface area contributed by atoms with Gasteiger partial charge in [-0.1, -0.05) is 0 Å². The maximum Gasteiger partial charge on any atom is 0.248 e. The lowest BCUT2D eigenvalue weighted by Gasteiger charge is -2.15. The fourth-order valence-electron chi connectivity index (χ4n) is 2.62. The van der Waals surface area contributed by atoms with Crippen molar-refractivity contribution >= 4 is 0 Å². The van der Waals surface area contributed by atoms with Gasteiger partial charge in [0.1, 0.15) is 0 Å². The van der Waals surface area contributed by atoms with Gasteiger partial charge in [-0.25, -0.2) is 8.78 Å². The smallest absolute Gasteiger partial charge is 0.248 e. The first kappa shape index (κ1) is 12.6. The minimum Gasteiger partial charge on any atom is -0.351 e. The third-order valence-electron chi connectivity index (χ3n) is 3.42. The van der Waals surface area contributed by atoms with Crippen molar-refractivity contribution < 1.29 is 8.78 Å². The van der Waals surface area contributed by atoms with Crippen LogP contribution in [0.5, 0.6) is 0 Å². The van der Waals surface area contributed by atoms with Crippen molar-refractivity contribution in [2.24, 2.45) is 11.7 Å². The van der Waals surface area contributed by atoms with E-state index in [0.717, 1.165) is 12.1 Å². The SMILES string of the molecule is CC(N)Cc1cccn1CC1CCC(F)(F)C1. The predicted molar refractivity (Wildman–Crippen MR) is 64.1 cm³/mol. The van der Waals surface area contributed by atoms with Crippen molar-refractivity contribution in [3.8, 4) is 0 Å². The van der Waals surface area contributed by atoms with Gasteiger partial charge in [0.2, 0.25) is 5.92 Å². The highest BCUT2D eigenvalue weighted by molar-refractivity contribution is 5.09. The fraction of sp³-hybridized carbons (Fsp3) is 0.692. The van der Waals surface area contributed by atoms with Crippen molar-refractivity contribution in [1.29, 1.82) is 0 Å². The number of aromatic nitrogens is 1. The lowest BCUT2D eigenvalue weighted by Crippen LogP contribution is -2.21. The van der Waals surface area contributed by atoms with Crippen LogP contribution in [0.4, 0.5) is 8.78 Å². The van der Waals surface area contributed by atoms with Crippen LogP contribution in [0.15, 0.2) is 18.3 Å². The highest BCUT2D eigenvalue weighted by Gasteiger charge is 2.39. The number of alkyl halides is 2. The standard InChI is InChI=1S/C13H20F2N2/c1-10(16)7-12-3-2-6-17(12)9-11-4-5-13(14,15)8-11/h2-3,6,10-11H,4-5,7-9,16H2,1H3. The zero-order chi connectivity index (χ0) is 12.5. The van der Waals surface area contributed by atoms with Crippen molar-refractivity contribution in [2.45, 2.75) is 51.1 Å². The zero-order valence-corrected chi connectivity index (χ0v) is 10.2. The second kappa shape index (κ2) is 4.77. The first-order valence-electron chi connectivity index (χ1n) is 6.24. The lowest BCUT2D eigenvalue weighted by molar-refractivity contribution is 0.00433. The van der Waals surface area contributed by atoms with E-state index in [1.54, 1.807) is 0 Å². The summed E-state index contributed by atoms with van der Waals surface area (Å²) in [4.78, 5) is 0. The number of halogens is 2. The van der Waals surface area contributed by atoms with Gasteiger partial charge >= 0.3 is 0 Å². The van der Waals surface area contributed by atoms with Gasteiger partial charge in [0.15, 0.2) is 0 Å². The highest BCUT2D eigenvalue weighted by atomic mass is 19.3. The Morgan fingerprint density at radius 1 is 1.59 bits per heavy atom. The summed E-state index contributed by atoms with van der Waals surface area (Å²) in [6.45, 7) is 2.66. The van der Waals surface area contributed by atoms with E-state index in [2.05, 4.69) is 4.57 Å². The van der Waals surface area contributed by atoms with Gasteiger partial charge in [-0.2, -0.15) is 0 Å². The number of hydrogen-bond acceptors (Lipinski definition) is 1. The molecule has 17 heavy (non-hydrogen) atoms. The van der Waals surface area contributed by atoms with Crippen molar-refractivity contribution in [3.63, 3.8) is 0 Å². The Labute approximate surface area is 101 Å². The molecule has 0 aliphatic heterocycles. The summed E-state index contributed by atoms with van der Waals surface area (Å²) in [6.07, 6.45) is 3.47. The quantitative estimate of drug-likeness (QED) is 0.864. The first-order chi connectivity index (χ1) is 7.96. The Hall–Kier alpha value is -0.900. The molecule has 0 bridgehead atoms. The maximum atomic E-state index is 13.1. The lowest BCUT2D eigenvalue weighted by atomic mass is 10.1. The van der Waals surface area contributed by atoms with Crippen molar-refractivity contribution in [2.75, 3.05) is 0 Å². The molecule has 0 spiro atoms. The summed E-state index contributed by atoms with van der Waals surface area (Å²) in [5.41, 5.74) is 6.92.